The first-order chi connectivity index (χ1) is 11.2. The van der Waals surface area contributed by atoms with Crippen LogP contribution in [0.3, 0.4) is 0 Å². The molecule has 2 aliphatic rings. The third-order valence-electron chi connectivity index (χ3n) is 3.87. The molecule has 134 valence electrons. The van der Waals surface area contributed by atoms with Crippen molar-refractivity contribution in [3.63, 3.8) is 0 Å². The molecule has 2 saturated heterocycles. The van der Waals surface area contributed by atoms with E-state index in [1.165, 1.54) is 18.2 Å². The van der Waals surface area contributed by atoms with Gasteiger partial charge in [-0.25, -0.2) is 4.39 Å². The maximum absolute atomic E-state index is 13.5. The molecule has 6 nitrogen and oxygen atoms in total. The van der Waals surface area contributed by atoms with Gasteiger partial charge in [-0.3, -0.25) is 4.79 Å². The van der Waals surface area contributed by atoms with Crippen molar-refractivity contribution in [3.05, 3.63) is 24.0 Å². The van der Waals surface area contributed by atoms with Crippen LogP contribution < -0.4 is 15.4 Å². The molecule has 0 spiro atoms. The van der Waals surface area contributed by atoms with Crippen LogP contribution in [0.1, 0.15) is 12.8 Å². The first kappa shape index (κ1) is 18.9. The van der Waals surface area contributed by atoms with E-state index in [0.717, 1.165) is 26.0 Å². The van der Waals surface area contributed by atoms with Crippen molar-refractivity contribution in [3.8, 4) is 5.75 Å². The second-order valence-electron chi connectivity index (χ2n) is 5.64. The molecule has 2 fully saturated rings. The smallest absolute Gasteiger partial charge is 0.254 e. The van der Waals surface area contributed by atoms with E-state index in [2.05, 4.69) is 10.6 Å². The number of carbonyl (C=O) groups excluding carboxylic acids is 1. The van der Waals surface area contributed by atoms with Crippen molar-refractivity contribution in [1.29, 1.82) is 0 Å². The van der Waals surface area contributed by atoms with Gasteiger partial charge in [0.25, 0.3) is 5.91 Å². The third-order valence-corrected chi connectivity index (χ3v) is 3.87. The van der Waals surface area contributed by atoms with Gasteiger partial charge in [-0.05, 0) is 25.0 Å². The number of carbonyl (C=O) groups is 1. The third kappa shape index (κ3) is 5.04. The molecule has 0 bridgehead atoms. The van der Waals surface area contributed by atoms with Crippen molar-refractivity contribution in [1.82, 2.24) is 5.32 Å². The van der Waals surface area contributed by atoms with E-state index in [1.54, 1.807) is 0 Å². The SMILES string of the molecule is Cl.O=C(Nc1cc(F)ccc1OCC1CCCO1)C1CNCCO1. The summed E-state index contributed by atoms with van der Waals surface area (Å²) in [5, 5.41) is 5.77. The summed E-state index contributed by atoms with van der Waals surface area (Å²) in [7, 11) is 0. The Hall–Kier alpha value is -1.41. The van der Waals surface area contributed by atoms with Crippen LogP contribution in [0.25, 0.3) is 0 Å². The van der Waals surface area contributed by atoms with E-state index >= 15 is 0 Å². The van der Waals surface area contributed by atoms with Crippen LogP contribution in [0.5, 0.6) is 5.75 Å². The molecule has 0 aromatic heterocycles. The zero-order valence-electron chi connectivity index (χ0n) is 13.3. The van der Waals surface area contributed by atoms with Gasteiger partial charge in [-0.2, -0.15) is 0 Å². The number of halogens is 2. The molecule has 0 radical (unpaired) electrons. The van der Waals surface area contributed by atoms with E-state index in [4.69, 9.17) is 14.2 Å². The topological polar surface area (TPSA) is 68.8 Å². The number of hydrogen-bond acceptors (Lipinski definition) is 5. The highest BCUT2D eigenvalue weighted by atomic mass is 35.5. The summed E-state index contributed by atoms with van der Waals surface area (Å²) in [4.78, 5) is 12.2. The van der Waals surface area contributed by atoms with E-state index in [0.29, 0.717) is 31.2 Å². The molecule has 24 heavy (non-hydrogen) atoms. The lowest BCUT2D eigenvalue weighted by atomic mass is 10.2. The minimum atomic E-state index is -0.585. The number of anilines is 1. The summed E-state index contributed by atoms with van der Waals surface area (Å²) in [5.41, 5.74) is 0.308. The van der Waals surface area contributed by atoms with Crippen molar-refractivity contribution in [2.24, 2.45) is 0 Å². The summed E-state index contributed by atoms with van der Waals surface area (Å²) in [6.45, 7) is 2.76. The molecule has 2 atom stereocenters. The summed E-state index contributed by atoms with van der Waals surface area (Å²) in [6.07, 6.45) is 1.44. The fourth-order valence-corrected chi connectivity index (χ4v) is 2.63. The predicted octanol–water partition coefficient (Wildman–Crippen LogP) is 1.73. The first-order valence-corrected chi connectivity index (χ1v) is 7.89. The molecular weight excluding hydrogens is 339 g/mol. The molecule has 1 amide bonds. The average Bonchev–Trinajstić information content (AvgIpc) is 3.08. The molecular formula is C16H22ClFN2O4. The summed E-state index contributed by atoms with van der Waals surface area (Å²) < 4.78 is 30.1. The Morgan fingerprint density at radius 1 is 1.38 bits per heavy atom. The molecule has 3 rings (SSSR count). The van der Waals surface area contributed by atoms with Crippen LogP contribution in [0.4, 0.5) is 10.1 Å². The Morgan fingerprint density at radius 2 is 2.25 bits per heavy atom. The largest absolute Gasteiger partial charge is 0.489 e. The summed E-state index contributed by atoms with van der Waals surface area (Å²) >= 11 is 0. The minimum absolute atomic E-state index is 0. The second-order valence-corrected chi connectivity index (χ2v) is 5.64. The molecule has 8 heteroatoms. The predicted molar refractivity (Wildman–Crippen MR) is 89.4 cm³/mol. The Morgan fingerprint density at radius 3 is 2.96 bits per heavy atom. The van der Waals surface area contributed by atoms with Crippen molar-refractivity contribution in [2.45, 2.75) is 25.0 Å². The normalized spacial score (nSPS) is 23.4. The van der Waals surface area contributed by atoms with Gasteiger partial charge in [0.15, 0.2) is 0 Å². The lowest BCUT2D eigenvalue weighted by Crippen LogP contribution is -2.45. The van der Waals surface area contributed by atoms with Crippen LogP contribution in [0.15, 0.2) is 18.2 Å². The second kappa shape index (κ2) is 9.17. The van der Waals surface area contributed by atoms with E-state index < -0.39 is 11.9 Å². The summed E-state index contributed by atoms with van der Waals surface area (Å²) in [5.74, 6) is -0.323. The van der Waals surface area contributed by atoms with Crippen LogP contribution in [-0.2, 0) is 14.3 Å². The maximum atomic E-state index is 13.5. The lowest BCUT2D eigenvalue weighted by Gasteiger charge is -2.23. The van der Waals surface area contributed by atoms with E-state index in [9.17, 15) is 9.18 Å². The lowest BCUT2D eigenvalue weighted by molar-refractivity contribution is -0.128. The first-order valence-electron chi connectivity index (χ1n) is 7.89. The zero-order valence-corrected chi connectivity index (χ0v) is 14.1. The summed E-state index contributed by atoms with van der Waals surface area (Å²) in [6, 6.07) is 4.07. The Labute approximate surface area is 146 Å². The molecule has 2 heterocycles. The number of morpholine rings is 1. The number of benzene rings is 1. The van der Waals surface area contributed by atoms with Crippen LogP contribution in [0.2, 0.25) is 0 Å². The standard InChI is InChI=1S/C16H21FN2O4.ClH/c17-11-3-4-14(23-10-12-2-1-6-21-12)13(8-11)19-16(20)15-9-18-5-7-22-15;/h3-4,8,12,15,18H,1-2,5-7,9-10H2,(H,19,20);1H. The van der Waals surface area contributed by atoms with E-state index in [1.807, 2.05) is 0 Å². The van der Waals surface area contributed by atoms with Crippen molar-refractivity contribution < 1.29 is 23.4 Å². The Kier molecular flexibility index (Phi) is 7.23. The Bertz CT molecular complexity index is 549. The number of hydrogen-bond donors (Lipinski definition) is 2. The Balaban J connectivity index is 0.00000208. The minimum Gasteiger partial charge on any atom is -0.489 e. The van der Waals surface area contributed by atoms with E-state index in [-0.39, 0.29) is 24.4 Å². The van der Waals surface area contributed by atoms with Crippen LogP contribution in [-0.4, -0.2) is 51.0 Å². The zero-order chi connectivity index (χ0) is 16.1. The van der Waals surface area contributed by atoms with Gasteiger partial charge in [-0.15, -0.1) is 12.4 Å². The van der Waals surface area contributed by atoms with Crippen LogP contribution >= 0.6 is 12.4 Å². The number of ether oxygens (including phenoxy) is 3. The monoisotopic (exact) mass is 360 g/mol. The van der Waals surface area contributed by atoms with Crippen molar-refractivity contribution in [2.75, 3.05) is 38.2 Å². The molecule has 0 aliphatic carbocycles. The molecule has 1 aromatic rings. The molecule has 1 aromatic carbocycles. The average molecular weight is 361 g/mol. The molecule has 2 N–H and O–H groups in total. The number of nitrogens with one attached hydrogen (secondary N) is 2. The highest BCUT2D eigenvalue weighted by molar-refractivity contribution is 5.95. The molecule has 2 unspecified atom stereocenters. The van der Waals surface area contributed by atoms with Gasteiger partial charge in [0.2, 0.25) is 0 Å². The number of amides is 1. The fourth-order valence-electron chi connectivity index (χ4n) is 2.63. The number of rotatable bonds is 5. The van der Waals surface area contributed by atoms with Crippen LogP contribution in [0, 0.1) is 5.82 Å². The maximum Gasteiger partial charge on any atom is 0.254 e. The van der Waals surface area contributed by atoms with Gasteiger partial charge in [0.05, 0.1) is 18.4 Å². The van der Waals surface area contributed by atoms with Gasteiger partial charge in [0, 0.05) is 25.8 Å². The highest BCUT2D eigenvalue weighted by Crippen LogP contribution is 2.27. The van der Waals surface area contributed by atoms with Gasteiger partial charge in [-0.1, -0.05) is 0 Å². The molecule has 0 saturated carbocycles. The van der Waals surface area contributed by atoms with Gasteiger partial charge < -0.3 is 24.8 Å². The van der Waals surface area contributed by atoms with Crippen molar-refractivity contribution >= 4 is 24.0 Å². The van der Waals surface area contributed by atoms with Gasteiger partial charge in [0.1, 0.15) is 24.3 Å². The molecule has 2 aliphatic heterocycles. The highest BCUT2D eigenvalue weighted by Gasteiger charge is 2.23. The van der Waals surface area contributed by atoms with Gasteiger partial charge >= 0.3 is 0 Å². The fraction of sp³-hybridized carbons (Fsp3) is 0.562. The quantitative estimate of drug-likeness (QED) is 0.837.